The molecule has 2 N–H and O–H groups in total. The van der Waals surface area contributed by atoms with Gasteiger partial charge in [0.15, 0.2) is 5.75 Å². The number of nitrogens with zero attached hydrogens (tertiary/aromatic N) is 2. The molecule has 1 aromatic carbocycles. The van der Waals surface area contributed by atoms with Crippen LogP contribution >= 0.6 is 15.9 Å². The number of rotatable bonds is 6. The zero-order valence-corrected chi connectivity index (χ0v) is 19.0. The Bertz CT molecular complexity index is 992. The molecule has 0 radical (unpaired) electrons. The minimum atomic E-state index is -0.468. The average molecular weight is 475 g/mol. The second-order valence-corrected chi connectivity index (χ2v) is 9.77. The molecule has 1 heterocycles. The number of hydrogen-bond acceptors (Lipinski definition) is 5. The monoisotopic (exact) mass is 474 g/mol. The van der Waals surface area contributed by atoms with Gasteiger partial charge in [-0.1, -0.05) is 39.0 Å². The summed E-state index contributed by atoms with van der Waals surface area (Å²) < 4.78 is 1.50. The first kappa shape index (κ1) is 20.9. The first-order valence-electron chi connectivity index (χ1n) is 10.3. The third-order valence-corrected chi connectivity index (χ3v) is 7.77. The first-order valence-corrected chi connectivity index (χ1v) is 11.1. The Hall–Kier alpha value is -2.35. The molecule has 30 heavy (non-hydrogen) atoms. The van der Waals surface area contributed by atoms with Crippen LogP contribution in [0.4, 0.5) is 5.69 Å². The summed E-state index contributed by atoms with van der Waals surface area (Å²) in [6, 6.07) is 9.21. The predicted molar refractivity (Wildman–Crippen MR) is 118 cm³/mol. The van der Waals surface area contributed by atoms with Crippen molar-refractivity contribution in [3.8, 4) is 5.75 Å². The van der Waals surface area contributed by atoms with Gasteiger partial charge in [-0.15, -0.1) is 0 Å². The topological polar surface area (TPSA) is 85.2 Å². The molecule has 0 unspecified atom stereocenters. The van der Waals surface area contributed by atoms with Crippen LogP contribution in [-0.4, -0.2) is 21.7 Å². The SMILES string of the molecule is C[C@@H]1[C@H]2C[C@@H](C[C@H]1Nc1cnn(CC(=O)NOc3ccccc3)c(=O)c1Br)C2(C)C. The second kappa shape index (κ2) is 8.06. The van der Waals surface area contributed by atoms with Crippen LogP contribution in [0.2, 0.25) is 0 Å². The number of anilines is 1. The number of fused-ring (bicyclic) bond motifs is 2. The molecule has 3 aliphatic carbocycles. The van der Waals surface area contributed by atoms with Crippen molar-refractivity contribution in [1.82, 2.24) is 15.3 Å². The van der Waals surface area contributed by atoms with Gasteiger partial charge in [-0.3, -0.25) is 9.59 Å². The zero-order valence-electron chi connectivity index (χ0n) is 17.4. The van der Waals surface area contributed by atoms with Crippen LogP contribution in [-0.2, 0) is 11.3 Å². The normalized spacial score (nSPS) is 26.4. The van der Waals surface area contributed by atoms with Crippen LogP contribution in [0, 0.1) is 23.2 Å². The van der Waals surface area contributed by atoms with Gasteiger partial charge in [0.05, 0.1) is 11.9 Å². The molecule has 3 fully saturated rings. The van der Waals surface area contributed by atoms with E-state index in [9.17, 15) is 9.59 Å². The summed E-state index contributed by atoms with van der Waals surface area (Å²) in [7, 11) is 0. The number of carbonyl (C=O) groups excluding carboxylic acids is 1. The first-order chi connectivity index (χ1) is 14.3. The Balaban J connectivity index is 1.39. The van der Waals surface area contributed by atoms with Gasteiger partial charge in [-0.2, -0.15) is 10.6 Å². The molecule has 0 spiro atoms. The maximum atomic E-state index is 12.7. The second-order valence-electron chi connectivity index (χ2n) is 8.98. The number of amides is 1. The summed E-state index contributed by atoms with van der Waals surface area (Å²) in [5.74, 6) is 1.99. The Morgan fingerprint density at radius 1 is 1.30 bits per heavy atom. The van der Waals surface area contributed by atoms with Crippen LogP contribution in [0.5, 0.6) is 5.75 Å². The maximum Gasteiger partial charge on any atom is 0.283 e. The summed E-state index contributed by atoms with van der Waals surface area (Å²) >= 11 is 3.39. The van der Waals surface area contributed by atoms with E-state index in [1.807, 2.05) is 6.07 Å². The lowest BCUT2D eigenvalue weighted by Crippen LogP contribution is -2.58. The maximum absolute atomic E-state index is 12.7. The highest BCUT2D eigenvalue weighted by Gasteiger charge is 2.56. The summed E-state index contributed by atoms with van der Waals surface area (Å²) in [5, 5.41) is 7.70. The van der Waals surface area contributed by atoms with Crippen molar-refractivity contribution in [2.45, 2.75) is 46.2 Å². The lowest BCUT2D eigenvalue weighted by molar-refractivity contribution is -0.128. The van der Waals surface area contributed by atoms with Crippen molar-refractivity contribution >= 4 is 27.5 Å². The van der Waals surface area contributed by atoms with Crippen molar-refractivity contribution in [3.63, 3.8) is 0 Å². The molecule has 3 saturated carbocycles. The number of benzene rings is 1. The van der Waals surface area contributed by atoms with Crippen molar-refractivity contribution in [3.05, 3.63) is 51.4 Å². The number of halogens is 1. The fourth-order valence-corrected chi connectivity index (χ4v) is 5.41. The average Bonchev–Trinajstić information content (AvgIpc) is 2.73. The van der Waals surface area contributed by atoms with Crippen LogP contribution in [0.25, 0.3) is 0 Å². The van der Waals surface area contributed by atoms with Gasteiger partial charge >= 0.3 is 0 Å². The number of hydroxylamine groups is 1. The molecular formula is C22H27BrN4O3. The molecule has 7 nitrogen and oxygen atoms in total. The largest absolute Gasteiger partial charge is 0.380 e. The number of aromatic nitrogens is 2. The number of para-hydroxylation sites is 1. The molecule has 8 heteroatoms. The number of carbonyl (C=O) groups is 1. The van der Waals surface area contributed by atoms with E-state index in [0.717, 1.165) is 17.0 Å². The highest BCUT2D eigenvalue weighted by atomic mass is 79.9. The van der Waals surface area contributed by atoms with E-state index in [1.165, 1.54) is 6.42 Å². The molecule has 2 bridgehead atoms. The van der Waals surface area contributed by atoms with Gasteiger partial charge in [0.1, 0.15) is 11.0 Å². The van der Waals surface area contributed by atoms with E-state index in [2.05, 4.69) is 52.6 Å². The fourth-order valence-electron chi connectivity index (χ4n) is 4.99. The summed E-state index contributed by atoms with van der Waals surface area (Å²) in [5.41, 5.74) is 3.05. The summed E-state index contributed by atoms with van der Waals surface area (Å²) in [6.07, 6.45) is 4.00. The molecule has 0 saturated heterocycles. The molecule has 160 valence electrons. The van der Waals surface area contributed by atoms with Gasteiger partial charge in [-0.25, -0.2) is 4.68 Å². The van der Waals surface area contributed by atoms with Crippen LogP contribution in [0.1, 0.15) is 33.6 Å². The molecule has 0 aliphatic heterocycles. The zero-order chi connectivity index (χ0) is 21.5. The Morgan fingerprint density at radius 3 is 2.70 bits per heavy atom. The van der Waals surface area contributed by atoms with Crippen molar-refractivity contribution in [1.29, 1.82) is 0 Å². The number of nitrogens with one attached hydrogen (secondary N) is 2. The Morgan fingerprint density at radius 2 is 2.03 bits per heavy atom. The predicted octanol–water partition coefficient (Wildman–Crippen LogP) is 3.60. The van der Waals surface area contributed by atoms with Crippen LogP contribution < -0.4 is 21.2 Å². The molecule has 4 atom stereocenters. The van der Waals surface area contributed by atoms with Crippen molar-refractivity contribution < 1.29 is 9.63 Å². The molecule has 1 aromatic heterocycles. The fraction of sp³-hybridized carbons (Fsp3) is 0.500. The third-order valence-electron chi connectivity index (χ3n) is 7.00. The van der Waals surface area contributed by atoms with E-state index >= 15 is 0 Å². The molecule has 3 aliphatic rings. The lowest BCUT2D eigenvalue weighted by atomic mass is 9.45. The Kier molecular flexibility index (Phi) is 5.61. The van der Waals surface area contributed by atoms with Gasteiger partial charge in [0, 0.05) is 6.04 Å². The minimum Gasteiger partial charge on any atom is -0.380 e. The smallest absolute Gasteiger partial charge is 0.283 e. The highest BCUT2D eigenvalue weighted by Crippen LogP contribution is 2.61. The lowest BCUT2D eigenvalue weighted by Gasteiger charge is -2.62. The minimum absolute atomic E-state index is 0.233. The van der Waals surface area contributed by atoms with E-state index in [4.69, 9.17) is 4.84 Å². The van der Waals surface area contributed by atoms with Gasteiger partial charge in [0.2, 0.25) is 0 Å². The molecular weight excluding hydrogens is 448 g/mol. The van der Waals surface area contributed by atoms with Crippen LogP contribution in [0.3, 0.4) is 0 Å². The van der Waals surface area contributed by atoms with E-state index < -0.39 is 5.91 Å². The van der Waals surface area contributed by atoms with E-state index in [1.54, 1.807) is 30.5 Å². The summed E-state index contributed by atoms with van der Waals surface area (Å²) in [6.45, 7) is 6.79. The molecule has 2 aromatic rings. The van der Waals surface area contributed by atoms with Crippen molar-refractivity contribution in [2.24, 2.45) is 23.2 Å². The summed E-state index contributed by atoms with van der Waals surface area (Å²) in [4.78, 5) is 30.0. The molecule has 1 amide bonds. The quantitative estimate of drug-likeness (QED) is 0.624. The Labute approximate surface area is 184 Å². The standard InChI is InChI=1S/C22H27BrN4O3/c1-13-16-9-14(22(16,2)3)10-17(13)25-18-11-24-27(21(29)20(18)23)12-19(28)26-30-15-7-5-4-6-8-15/h4-8,11,13-14,16-17,25H,9-10,12H2,1-3H3,(H,26,28)/t13-,14+,16-,17-/m1/s1. The van der Waals surface area contributed by atoms with Gasteiger partial charge < -0.3 is 10.2 Å². The highest BCUT2D eigenvalue weighted by molar-refractivity contribution is 9.10. The molecule has 5 rings (SSSR count). The third kappa shape index (κ3) is 3.85. The van der Waals surface area contributed by atoms with Crippen LogP contribution in [0.15, 0.2) is 45.8 Å². The van der Waals surface area contributed by atoms with E-state index in [-0.39, 0.29) is 12.1 Å². The van der Waals surface area contributed by atoms with Crippen molar-refractivity contribution in [2.75, 3.05) is 5.32 Å². The van der Waals surface area contributed by atoms with E-state index in [0.29, 0.717) is 39.2 Å². The van der Waals surface area contributed by atoms with Gasteiger partial charge in [0.25, 0.3) is 11.5 Å². The van der Waals surface area contributed by atoms with Gasteiger partial charge in [-0.05, 0) is 64.1 Å². The number of hydrogen-bond donors (Lipinski definition) is 2.